The van der Waals surface area contributed by atoms with E-state index in [9.17, 15) is 0 Å². The third-order valence-electron chi connectivity index (χ3n) is 2.95. The van der Waals surface area contributed by atoms with Crippen molar-refractivity contribution in [1.29, 1.82) is 5.26 Å². The Bertz CT molecular complexity index is 621. The molecule has 2 nitrogen and oxygen atoms in total. The van der Waals surface area contributed by atoms with Gasteiger partial charge in [0.2, 0.25) is 0 Å². The van der Waals surface area contributed by atoms with Crippen LogP contribution in [0.5, 0.6) is 0 Å². The molecule has 0 atom stereocenters. The molecule has 0 aliphatic heterocycles. The van der Waals surface area contributed by atoms with Crippen LogP contribution in [-0.2, 0) is 0 Å². The van der Waals surface area contributed by atoms with E-state index < -0.39 is 0 Å². The fraction of sp³-hybridized carbons (Fsp3) is 0.188. The van der Waals surface area contributed by atoms with Crippen LogP contribution in [0, 0.1) is 32.2 Å². The van der Waals surface area contributed by atoms with E-state index in [0.717, 1.165) is 10.6 Å². The highest BCUT2D eigenvalue weighted by atomic mass is 32.2. The predicted molar refractivity (Wildman–Crippen MR) is 80.5 cm³/mol. The Morgan fingerprint density at radius 3 is 2.37 bits per heavy atom. The zero-order valence-electron chi connectivity index (χ0n) is 11.3. The molecule has 3 heteroatoms. The first-order chi connectivity index (χ1) is 9.11. The lowest BCUT2D eigenvalue weighted by atomic mass is 10.2. The molecule has 2 aromatic rings. The van der Waals surface area contributed by atoms with Crippen molar-refractivity contribution in [2.24, 2.45) is 0 Å². The third-order valence-corrected chi connectivity index (χ3v) is 4.35. The van der Waals surface area contributed by atoms with Crippen LogP contribution < -0.4 is 5.32 Å². The van der Waals surface area contributed by atoms with Crippen LogP contribution in [0.25, 0.3) is 0 Å². The summed E-state index contributed by atoms with van der Waals surface area (Å²) in [4.78, 5) is 2.34. The van der Waals surface area contributed by atoms with Crippen molar-refractivity contribution < 1.29 is 0 Å². The first-order valence-corrected chi connectivity index (χ1v) is 6.93. The lowest BCUT2D eigenvalue weighted by Crippen LogP contribution is -1.92. The molecule has 0 aliphatic carbocycles. The van der Waals surface area contributed by atoms with Crippen molar-refractivity contribution in [1.82, 2.24) is 0 Å². The quantitative estimate of drug-likeness (QED) is 0.650. The second kappa shape index (κ2) is 5.81. The van der Waals surface area contributed by atoms with Crippen LogP contribution in [0.15, 0.2) is 46.2 Å². The summed E-state index contributed by atoms with van der Waals surface area (Å²) in [6, 6.07) is 12.4. The fourth-order valence-electron chi connectivity index (χ4n) is 1.95. The minimum atomic E-state index is 0.862. The van der Waals surface area contributed by atoms with E-state index >= 15 is 0 Å². The van der Waals surface area contributed by atoms with Crippen LogP contribution in [0.2, 0.25) is 0 Å². The van der Waals surface area contributed by atoms with Crippen LogP contribution in [0.1, 0.15) is 16.7 Å². The summed E-state index contributed by atoms with van der Waals surface area (Å²) in [5, 5.41) is 11.6. The number of hydrogen-bond acceptors (Lipinski definition) is 3. The second-order valence-electron chi connectivity index (χ2n) is 4.56. The van der Waals surface area contributed by atoms with Gasteiger partial charge in [-0.05, 0) is 49.6 Å². The topological polar surface area (TPSA) is 35.8 Å². The lowest BCUT2D eigenvalue weighted by molar-refractivity contribution is 1.21. The molecule has 0 spiro atoms. The molecule has 96 valence electrons. The van der Waals surface area contributed by atoms with E-state index in [1.54, 1.807) is 11.8 Å². The largest absolute Gasteiger partial charge is 0.292 e. The highest BCUT2D eigenvalue weighted by molar-refractivity contribution is 7.99. The Kier molecular flexibility index (Phi) is 4.13. The number of nitrogens with zero attached hydrogens (tertiary/aromatic N) is 1. The smallest absolute Gasteiger partial charge is 0.181 e. The third kappa shape index (κ3) is 3.10. The van der Waals surface area contributed by atoms with Crippen LogP contribution >= 0.6 is 11.8 Å². The van der Waals surface area contributed by atoms with Crippen LogP contribution in [-0.4, -0.2) is 0 Å². The maximum Gasteiger partial charge on any atom is 0.181 e. The van der Waals surface area contributed by atoms with Gasteiger partial charge in [-0.3, -0.25) is 5.32 Å². The monoisotopic (exact) mass is 268 g/mol. The minimum absolute atomic E-state index is 0.862. The van der Waals surface area contributed by atoms with Gasteiger partial charge in [-0.2, -0.15) is 5.26 Å². The molecule has 0 radical (unpaired) electrons. The van der Waals surface area contributed by atoms with E-state index in [2.05, 4.69) is 50.4 Å². The molecular weight excluding hydrogens is 252 g/mol. The zero-order chi connectivity index (χ0) is 13.8. The number of nitriles is 1. The van der Waals surface area contributed by atoms with Gasteiger partial charge in [-0.15, -0.1) is 0 Å². The molecule has 0 unspecified atom stereocenters. The maximum atomic E-state index is 8.82. The number of hydrogen-bond donors (Lipinski definition) is 1. The highest BCUT2D eigenvalue weighted by Crippen LogP contribution is 2.37. The van der Waals surface area contributed by atoms with Crippen molar-refractivity contribution in [3.8, 4) is 6.19 Å². The summed E-state index contributed by atoms with van der Waals surface area (Å²) in [6.07, 6.45) is 2.00. The van der Waals surface area contributed by atoms with Gasteiger partial charge in [0, 0.05) is 9.79 Å². The lowest BCUT2D eigenvalue weighted by Gasteiger charge is -2.12. The normalized spacial score (nSPS) is 10.0. The molecule has 19 heavy (non-hydrogen) atoms. The number of aryl methyl sites for hydroxylation is 3. The molecule has 1 N–H and O–H groups in total. The first kappa shape index (κ1) is 13.5. The van der Waals surface area contributed by atoms with E-state index in [-0.39, 0.29) is 0 Å². The minimum Gasteiger partial charge on any atom is -0.292 e. The molecular formula is C16H16N2S. The Morgan fingerprint density at radius 2 is 1.74 bits per heavy atom. The summed E-state index contributed by atoms with van der Waals surface area (Å²) in [6.45, 7) is 6.29. The number of rotatable bonds is 3. The molecule has 0 saturated heterocycles. The molecule has 0 aliphatic rings. The van der Waals surface area contributed by atoms with Gasteiger partial charge in [0.1, 0.15) is 0 Å². The number of nitrogens with one attached hydrogen (secondary N) is 1. The number of benzene rings is 2. The standard InChI is InChI=1S/C16H16N2S/c1-11-7-8-14(18-10-17)15(9-11)19-16-12(2)5-4-6-13(16)3/h4-9,18H,1-3H3. The average Bonchev–Trinajstić information content (AvgIpc) is 2.37. The summed E-state index contributed by atoms with van der Waals surface area (Å²) in [5.74, 6) is 0. The van der Waals surface area contributed by atoms with Gasteiger partial charge >= 0.3 is 0 Å². The molecule has 2 aromatic carbocycles. The summed E-state index contributed by atoms with van der Waals surface area (Å²) in [7, 11) is 0. The van der Waals surface area contributed by atoms with Crippen molar-refractivity contribution in [2.45, 2.75) is 30.6 Å². The SMILES string of the molecule is Cc1ccc(NC#N)c(Sc2c(C)cccc2C)c1. The van der Waals surface area contributed by atoms with Crippen molar-refractivity contribution in [3.05, 3.63) is 53.1 Å². The van der Waals surface area contributed by atoms with E-state index in [1.165, 1.54) is 21.6 Å². The highest BCUT2D eigenvalue weighted by Gasteiger charge is 2.08. The zero-order valence-corrected chi connectivity index (χ0v) is 12.1. The number of anilines is 1. The van der Waals surface area contributed by atoms with Gasteiger partial charge in [-0.25, -0.2) is 0 Å². The van der Waals surface area contributed by atoms with Crippen molar-refractivity contribution in [3.63, 3.8) is 0 Å². The molecule has 2 rings (SSSR count). The Hall–Kier alpha value is -1.92. The summed E-state index contributed by atoms with van der Waals surface area (Å²) in [5.41, 5.74) is 4.57. The summed E-state index contributed by atoms with van der Waals surface area (Å²) < 4.78 is 0. The van der Waals surface area contributed by atoms with Gasteiger partial charge in [0.15, 0.2) is 6.19 Å². The van der Waals surface area contributed by atoms with E-state index in [1.807, 2.05) is 18.3 Å². The Labute approximate surface area is 118 Å². The molecule has 0 bridgehead atoms. The molecule has 0 aromatic heterocycles. The Morgan fingerprint density at radius 1 is 1.05 bits per heavy atom. The van der Waals surface area contributed by atoms with Crippen molar-refractivity contribution >= 4 is 17.4 Å². The Balaban J connectivity index is 2.43. The van der Waals surface area contributed by atoms with E-state index in [4.69, 9.17) is 5.26 Å². The van der Waals surface area contributed by atoms with Gasteiger partial charge < -0.3 is 0 Å². The van der Waals surface area contributed by atoms with Gasteiger partial charge in [0.25, 0.3) is 0 Å². The van der Waals surface area contributed by atoms with Gasteiger partial charge in [-0.1, -0.05) is 36.0 Å². The molecule has 0 saturated carbocycles. The second-order valence-corrected chi connectivity index (χ2v) is 5.61. The molecule has 0 amide bonds. The summed E-state index contributed by atoms with van der Waals surface area (Å²) >= 11 is 1.71. The van der Waals surface area contributed by atoms with Gasteiger partial charge in [0.05, 0.1) is 5.69 Å². The molecule has 0 fully saturated rings. The fourth-order valence-corrected chi connectivity index (χ4v) is 3.10. The van der Waals surface area contributed by atoms with Crippen molar-refractivity contribution in [2.75, 3.05) is 5.32 Å². The molecule has 0 heterocycles. The first-order valence-electron chi connectivity index (χ1n) is 6.11. The van der Waals surface area contributed by atoms with Crippen LogP contribution in [0.3, 0.4) is 0 Å². The average molecular weight is 268 g/mol. The predicted octanol–water partition coefficient (Wildman–Crippen LogP) is 4.66. The maximum absolute atomic E-state index is 8.82. The van der Waals surface area contributed by atoms with E-state index in [0.29, 0.717) is 0 Å². The van der Waals surface area contributed by atoms with Crippen LogP contribution in [0.4, 0.5) is 5.69 Å².